The number of nitrogens with zero attached hydrogens (tertiary/aromatic N) is 3. The van der Waals surface area contributed by atoms with E-state index in [1.165, 1.54) is 18.2 Å². The lowest BCUT2D eigenvalue weighted by Gasteiger charge is -2.48. The lowest BCUT2D eigenvalue weighted by atomic mass is 9.62. The van der Waals surface area contributed by atoms with E-state index in [0.29, 0.717) is 30.8 Å². The highest BCUT2D eigenvalue weighted by Crippen LogP contribution is 2.49. The monoisotopic (exact) mass is 475 g/mol. The Balaban J connectivity index is 2.13. The molecule has 0 aromatic heterocycles. The third-order valence-electron chi connectivity index (χ3n) is 6.82. The number of carbonyl (C=O) groups excluding carboxylic acids is 1. The number of ether oxygens (including phenoxy) is 2. The van der Waals surface area contributed by atoms with Crippen LogP contribution in [0, 0.1) is 22.0 Å². The Bertz CT molecular complexity index is 958. The molecule has 1 N–H and O–H groups in total. The molecule has 1 aromatic rings. The predicted octanol–water partition coefficient (Wildman–Crippen LogP) is 2.90. The zero-order valence-electron chi connectivity index (χ0n) is 20.1. The highest BCUT2D eigenvalue weighted by atomic mass is 16.6. The zero-order chi connectivity index (χ0) is 25.0. The van der Waals surface area contributed by atoms with Crippen molar-refractivity contribution in [3.63, 3.8) is 0 Å². The van der Waals surface area contributed by atoms with Gasteiger partial charge in [-0.1, -0.05) is 12.1 Å². The van der Waals surface area contributed by atoms with Crippen molar-refractivity contribution in [2.45, 2.75) is 50.7 Å². The lowest BCUT2D eigenvalue weighted by Crippen LogP contribution is -2.58. The van der Waals surface area contributed by atoms with Crippen LogP contribution in [0.3, 0.4) is 0 Å². The molecule has 3 rings (SSSR count). The topological polar surface area (TPSA) is 132 Å². The van der Waals surface area contributed by atoms with Gasteiger partial charge < -0.3 is 19.5 Å². The van der Waals surface area contributed by atoms with Crippen LogP contribution >= 0.6 is 0 Å². The molecule has 0 saturated carbocycles. The molecule has 4 unspecified atom stereocenters. The summed E-state index contributed by atoms with van der Waals surface area (Å²) in [5.41, 5.74) is -0.475. The number of benzene rings is 1. The largest absolute Gasteiger partial charge is 0.481 e. The first-order chi connectivity index (χ1) is 16.1. The summed E-state index contributed by atoms with van der Waals surface area (Å²) in [6.45, 7) is 4.60. The fourth-order valence-corrected chi connectivity index (χ4v) is 5.18. The number of aliphatic imine (C=N–C) groups is 1. The van der Waals surface area contributed by atoms with Crippen molar-refractivity contribution in [2.75, 3.05) is 33.9 Å². The van der Waals surface area contributed by atoms with E-state index < -0.39 is 46.3 Å². The molecule has 2 aliphatic rings. The Morgan fingerprint density at radius 2 is 2.09 bits per heavy atom. The van der Waals surface area contributed by atoms with Crippen molar-refractivity contribution >= 4 is 23.3 Å². The van der Waals surface area contributed by atoms with Gasteiger partial charge in [-0.05, 0) is 52.8 Å². The van der Waals surface area contributed by atoms with Crippen molar-refractivity contribution in [1.29, 1.82) is 0 Å². The third kappa shape index (κ3) is 5.28. The first kappa shape index (κ1) is 25.8. The number of nitro benzene ring substituents is 1. The summed E-state index contributed by atoms with van der Waals surface area (Å²) in [6, 6.07) is 5.84. The predicted molar refractivity (Wildman–Crippen MR) is 125 cm³/mol. The number of carbonyl (C=O) groups is 2. The Labute approximate surface area is 199 Å². The lowest BCUT2D eigenvalue weighted by molar-refractivity contribution is -0.385. The van der Waals surface area contributed by atoms with Crippen LogP contribution in [0.1, 0.15) is 44.6 Å². The Kier molecular flexibility index (Phi) is 8.04. The number of nitro groups is 1. The number of esters is 1. The quantitative estimate of drug-likeness (QED) is 0.345. The minimum absolute atomic E-state index is 0.137. The average Bonchev–Trinajstić information content (AvgIpc) is 2.78. The van der Waals surface area contributed by atoms with Crippen molar-refractivity contribution in [1.82, 2.24) is 4.90 Å². The van der Waals surface area contributed by atoms with Gasteiger partial charge in [0, 0.05) is 36.9 Å². The number of likely N-dealkylation sites (N-methyl/N-ethyl adjacent to an activating group) is 1. The van der Waals surface area contributed by atoms with Crippen molar-refractivity contribution in [2.24, 2.45) is 16.8 Å². The van der Waals surface area contributed by atoms with Crippen LogP contribution in [0.4, 0.5) is 5.69 Å². The molecule has 2 aliphatic heterocycles. The SMILES string of the molecule is CC1=NC(C)(C2CCCCO2)C(C(=O)O)[C@@H](c2cccc([N+](=O)[O-])c2)C1C(=O)OCCN(C)C. The summed E-state index contributed by atoms with van der Waals surface area (Å²) in [5, 5.41) is 21.9. The molecule has 186 valence electrons. The van der Waals surface area contributed by atoms with E-state index in [9.17, 15) is 24.8 Å². The molecule has 1 fully saturated rings. The molecule has 0 spiro atoms. The van der Waals surface area contributed by atoms with Gasteiger partial charge >= 0.3 is 11.9 Å². The average molecular weight is 476 g/mol. The van der Waals surface area contributed by atoms with E-state index >= 15 is 0 Å². The Morgan fingerprint density at radius 1 is 1.35 bits per heavy atom. The van der Waals surface area contributed by atoms with Crippen LogP contribution in [0.25, 0.3) is 0 Å². The Morgan fingerprint density at radius 3 is 2.68 bits per heavy atom. The number of aliphatic carboxylic acids is 1. The van der Waals surface area contributed by atoms with Gasteiger partial charge in [0.15, 0.2) is 0 Å². The molecule has 34 heavy (non-hydrogen) atoms. The summed E-state index contributed by atoms with van der Waals surface area (Å²) >= 11 is 0. The first-order valence-corrected chi connectivity index (χ1v) is 11.5. The molecule has 2 heterocycles. The molecular formula is C24H33N3O7. The van der Waals surface area contributed by atoms with Crippen LogP contribution in [0.2, 0.25) is 0 Å². The van der Waals surface area contributed by atoms with Crippen LogP contribution < -0.4 is 0 Å². The minimum atomic E-state index is -1.15. The number of non-ortho nitro benzene ring substituents is 1. The molecule has 0 aliphatic carbocycles. The molecule has 0 amide bonds. The summed E-state index contributed by atoms with van der Waals surface area (Å²) < 4.78 is 11.5. The van der Waals surface area contributed by atoms with Crippen LogP contribution in [0.5, 0.6) is 0 Å². The molecule has 0 bridgehead atoms. The second-order valence-corrected chi connectivity index (χ2v) is 9.48. The van der Waals surface area contributed by atoms with Crippen molar-refractivity contribution in [3.05, 3.63) is 39.9 Å². The van der Waals surface area contributed by atoms with Gasteiger partial charge in [0.2, 0.25) is 0 Å². The first-order valence-electron chi connectivity index (χ1n) is 11.5. The van der Waals surface area contributed by atoms with Gasteiger partial charge in [-0.25, -0.2) is 0 Å². The van der Waals surface area contributed by atoms with E-state index in [-0.39, 0.29) is 12.3 Å². The van der Waals surface area contributed by atoms with Crippen LogP contribution in [-0.2, 0) is 19.1 Å². The van der Waals surface area contributed by atoms with Crippen molar-refractivity contribution < 1.29 is 29.1 Å². The number of carboxylic acid groups (broad SMARTS) is 1. The van der Waals surface area contributed by atoms with Gasteiger partial charge in [0.25, 0.3) is 5.69 Å². The summed E-state index contributed by atoms with van der Waals surface area (Å²) in [5.74, 6) is -4.75. The molecule has 10 nitrogen and oxygen atoms in total. The van der Waals surface area contributed by atoms with E-state index in [0.717, 1.165) is 12.8 Å². The minimum Gasteiger partial charge on any atom is -0.481 e. The summed E-state index contributed by atoms with van der Waals surface area (Å²) in [4.78, 5) is 43.6. The molecular weight excluding hydrogens is 442 g/mol. The third-order valence-corrected chi connectivity index (χ3v) is 6.82. The van der Waals surface area contributed by atoms with E-state index in [1.54, 1.807) is 19.9 Å². The zero-order valence-corrected chi connectivity index (χ0v) is 20.1. The second-order valence-electron chi connectivity index (χ2n) is 9.48. The Hall–Kier alpha value is -2.85. The number of hydrogen-bond acceptors (Lipinski definition) is 8. The summed E-state index contributed by atoms with van der Waals surface area (Å²) in [6.07, 6.45) is 1.99. The molecule has 1 aromatic carbocycles. The number of rotatable bonds is 8. The summed E-state index contributed by atoms with van der Waals surface area (Å²) in [7, 11) is 3.70. The highest BCUT2D eigenvalue weighted by molar-refractivity contribution is 6.04. The fourth-order valence-electron chi connectivity index (χ4n) is 5.18. The van der Waals surface area contributed by atoms with Gasteiger partial charge in [-0.2, -0.15) is 0 Å². The fraction of sp³-hybridized carbons (Fsp3) is 0.625. The van der Waals surface area contributed by atoms with Gasteiger partial charge in [0.05, 0.1) is 22.5 Å². The van der Waals surface area contributed by atoms with E-state index in [1.807, 2.05) is 19.0 Å². The second kappa shape index (κ2) is 10.6. The normalized spacial score (nSPS) is 29.4. The van der Waals surface area contributed by atoms with Crippen LogP contribution in [0.15, 0.2) is 29.3 Å². The van der Waals surface area contributed by atoms with Crippen LogP contribution in [-0.4, -0.2) is 78.1 Å². The standard InChI is InChI=1S/C24H33N3O7/c1-15-19(23(30)34-13-11-26(3)4)20(16-8-7-9-17(14-16)27(31)32)21(22(28)29)24(2,25-15)18-10-5-6-12-33-18/h7-9,14,18-21H,5-6,10-13H2,1-4H3,(H,28,29)/t18?,19?,20-,21?,24?/m0/s1. The smallest absolute Gasteiger partial charge is 0.315 e. The van der Waals surface area contributed by atoms with Gasteiger partial charge in [-0.15, -0.1) is 0 Å². The molecule has 1 saturated heterocycles. The van der Waals surface area contributed by atoms with Crippen molar-refractivity contribution in [3.8, 4) is 0 Å². The maximum Gasteiger partial charge on any atom is 0.315 e. The molecule has 5 atom stereocenters. The molecule has 0 radical (unpaired) electrons. The van der Waals surface area contributed by atoms with E-state index in [4.69, 9.17) is 14.5 Å². The maximum absolute atomic E-state index is 13.3. The highest BCUT2D eigenvalue weighted by Gasteiger charge is 2.57. The van der Waals surface area contributed by atoms with Gasteiger partial charge in [-0.3, -0.25) is 24.7 Å². The number of carboxylic acids is 1. The molecule has 10 heteroatoms. The maximum atomic E-state index is 13.3. The van der Waals surface area contributed by atoms with Gasteiger partial charge in [0.1, 0.15) is 12.5 Å². The number of hydrogen-bond donors (Lipinski definition) is 1. The van der Waals surface area contributed by atoms with E-state index in [2.05, 4.69) is 0 Å².